The monoisotopic (exact) mass is 449 g/mol. The van der Waals surface area contributed by atoms with Crippen LogP contribution in [-0.4, -0.2) is 87.1 Å². The summed E-state index contributed by atoms with van der Waals surface area (Å²) in [5.74, 6) is 1.12. The normalized spacial score (nSPS) is 28.9. The average Bonchev–Trinajstić information content (AvgIpc) is 2.95. The number of guanidine groups is 1. The molecule has 0 aromatic heterocycles. The van der Waals surface area contributed by atoms with Crippen LogP contribution in [0.15, 0.2) is 4.99 Å². The van der Waals surface area contributed by atoms with Crippen LogP contribution >= 0.6 is 24.0 Å². The van der Waals surface area contributed by atoms with Gasteiger partial charge in [0.25, 0.3) is 0 Å². The predicted octanol–water partition coefficient (Wildman–Crippen LogP) is 2.08. The molecule has 2 saturated heterocycles. The second kappa shape index (κ2) is 9.03. The molecule has 1 spiro atoms. The molecule has 3 rings (SSSR count). The molecule has 2 heterocycles. The molecule has 0 amide bonds. The number of nitrogens with zero attached hydrogens (tertiary/aromatic N) is 4. The van der Waals surface area contributed by atoms with E-state index in [1.165, 1.54) is 58.2 Å². The van der Waals surface area contributed by atoms with E-state index in [4.69, 9.17) is 0 Å². The quantitative estimate of drug-likeness (QED) is 0.398. The van der Waals surface area contributed by atoms with Crippen LogP contribution in [0.2, 0.25) is 0 Å². The Morgan fingerprint density at radius 1 is 1.08 bits per heavy atom. The minimum atomic E-state index is 0. The van der Waals surface area contributed by atoms with Gasteiger partial charge in [0.1, 0.15) is 0 Å². The lowest BCUT2D eigenvalue weighted by molar-refractivity contribution is 0.116. The van der Waals surface area contributed by atoms with Crippen LogP contribution in [0.5, 0.6) is 0 Å². The van der Waals surface area contributed by atoms with Gasteiger partial charge in [0.05, 0.1) is 0 Å². The molecule has 1 aliphatic carbocycles. The zero-order valence-electron chi connectivity index (χ0n) is 15.8. The molecular weight excluding hydrogens is 413 g/mol. The van der Waals surface area contributed by atoms with Crippen LogP contribution in [0.3, 0.4) is 0 Å². The smallest absolute Gasteiger partial charge is 0.193 e. The molecule has 0 aromatic carbocycles. The molecule has 1 unspecified atom stereocenters. The van der Waals surface area contributed by atoms with Crippen molar-refractivity contribution in [2.45, 2.75) is 44.6 Å². The van der Waals surface area contributed by atoms with E-state index in [9.17, 15) is 0 Å². The fraction of sp³-hybridized carbons (Fsp3) is 0.944. The largest absolute Gasteiger partial charge is 0.355 e. The van der Waals surface area contributed by atoms with Crippen molar-refractivity contribution >= 4 is 29.9 Å². The summed E-state index contributed by atoms with van der Waals surface area (Å²) in [6.45, 7) is 6.87. The second-order valence-electron chi connectivity index (χ2n) is 8.06. The van der Waals surface area contributed by atoms with Crippen LogP contribution in [0.1, 0.15) is 38.5 Å². The third-order valence-corrected chi connectivity index (χ3v) is 6.34. The minimum Gasteiger partial charge on any atom is -0.355 e. The fourth-order valence-electron chi connectivity index (χ4n) is 4.69. The summed E-state index contributed by atoms with van der Waals surface area (Å²) >= 11 is 0. The van der Waals surface area contributed by atoms with E-state index in [1.54, 1.807) is 0 Å². The number of rotatable bonds is 2. The van der Waals surface area contributed by atoms with Gasteiger partial charge in [0.15, 0.2) is 5.96 Å². The first-order valence-electron chi connectivity index (χ1n) is 9.46. The van der Waals surface area contributed by atoms with Gasteiger partial charge in [-0.15, -0.1) is 24.0 Å². The first kappa shape index (κ1) is 20.2. The summed E-state index contributed by atoms with van der Waals surface area (Å²) in [6.07, 6.45) is 8.52. The van der Waals surface area contributed by atoms with Crippen molar-refractivity contribution in [3.05, 3.63) is 0 Å². The van der Waals surface area contributed by atoms with Crippen molar-refractivity contribution in [3.63, 3.8) is 0 Å². The highest BCUT2D eigenvalue weighted by Gasteiger charge is 2.39. The summed E-state index contributed by atoms with van der Waals surface area (Å²) in [5.41, 5.74) is 0.595. The van der Waals surface area contributed by atoms with Crippen molar-refractivity contribution < 1.29 is 0 Å². The van der Waals surface area contributed by atoms with Gasteiger partial charge in [-0.3, -0.25) is 9.89 Å². The topological polar surface area (TPSA) is 34.1 Å². The second-order valence-corrected chi connectivity index (χ2v) is 8.06. The van der Waals surface area contributed by atoms with Gasteiger partial charge in [-0.2, -0.15) is 0 Å². The number of hydrogen-bond donors (Lipinski definition) is 1. The Balaban J connectivity index is 0.00000208. The van der Waals surface area contributed by atoms with Crippen molar-refractivity contribution in [2.75, 3.05) is 60.4 Å². The first-order chi connectivity index (χ1) is 11.1. The van der Waals surface area contributed by atoms with Crippen molar-refractivity contribution in [3.8, 4) is 0 Å². The van der Waals surface area contributed by atoms with Gasteiger partial charge in [0.2, 0.25) is 0 Å². The molecule has 3 aliphatic rings. The molecule has 5 nitrogen and oxygen atoms in total. The summed E-state index contributed by atoms with van der Waals surface area (Å²) in [6, 6.07) is 0.580. The van der Waals surface area contributed by atoms with Crippen LogP contribution in [0.25, 0.3) is 0 Å². The Morgan fingerprint density at radius 3 is 2.54 bits per heavy atom. The zero-order chi connectivity index (χ0) is 16.3. The van der Waals surface area contributed by atoms with Crippen LogP contribution in [0.4, 0.5) is 0 Å². The van der Waals surface area contributed by atoms with Crippen molar-refractivity contribution in [1.82, 2.24) is 20.0 Å². The van der Waals surface area contributed by atoms with Crippen LogP contribution < -0.4 is 5.32 Å². The Morgan fingerprint density at radius 2 is 1.83 bits per heavy atom. The molecule has 0 bridgehead atoms. The summed E-state index contributed by atoms with van der Waals surface area (Å²) in [7, 11) is 6.40. The lowest BCUT2D eigenvalue weighted by Crippen LogP contribution is -2.55. The maximum absolute atomic E-state index is 4.58. The van der Waals surface area contributed by atoms with Gasteiger partial charge < -0.3 is 15.1 Å². The molecule has 1 N–H and O–H groups in total. The highest BCUT2D eigenvalue weighted by Crippen LogP contribution is 2.43. The molecule has 0 aromatic rings. The molecule has 6 heteroatoms. The summed E-state index contributed by atoms with van der Waals surface area (Å²) in [5, 5.41) is 3.66. The van der Waals surface area contributed by atoms with E-state index in [0.29, 0.717) is 11.5 Å². The number of aliphatic imine (C=N–C) groups is 1. The van der Waals surface area contributed by atoms with Gasteiger partial charge in [0, 0.05) is 52.4 Å². The number of halogens is 1. The third-order valence-electron chi connectivity index (χ3n) is 6.34. The van der Waals surface area contributed by atoms with Gasteiger partial charge >= 0.3 is 0 Å². The van der Waals surface area contributed by atoms with Crippen molar-refractivity contribution in [1.29, 1.82) is 0 Å². The molecule has 1 atom stereocenters. The molecule has 1 saturated carbocycles. The number of piperazine rings is 1. The lowest BCUT2D eigenvalue weighted by atomic mass is 9.73. The van der Waals surface area contributed by atoms with Gasteiger partial charge in [-0.05, 0) is 38.8 Å². The highest BCUT2D eigenvalue weighted by atomic mass is 127. The van der Waals surface area contributed by atoms with E-state index in [1.807, 2.05) is 7.05 Å². The van der Waals surface area contributed by atoms with Gasteiger partial charge in [-0.1, -0.05) is 19.3 Å². The maximum atomic E-state index is 4.58. The van der Waals surface area contributed by atoms with Crippen LogP contribution in [0, 0.1) is 5.41 Å². The summed E-state index contributed by atoms with van der Waals surface area (Å²) in [4.78, 5) is 12.0. The number of hydrogen-bond acceptors (Lipinski definition) is 3. The van der Waals surface area contributed by atoms with Crippen LogP contribution in [-0.2, 0) is 0 Å². The Hall–Kier alpha value is -0.0800. The van der Waals surface area contributed by atoms with Gasteiger partial charge in [-0.25, -0.2) is 0 Å². The SMILES string of the molecule is CN=C(NCC1CN(C)CCN1C)N1CCC2(CCCCC2)C1.I. The molecule has 24 heavy (non-hydrogen) atoms. The van der Waals surface area contributed by atoms with Crippen molar-refractivity contribution in [2.24, 2.45) is 10.4 Å². The van der Waals surface area contributed by atoms with E-state index < -0.39 is 0 Å². The average molecular weight is 449 g/mol. The molecule has 3 fully saturated rings. The molecule has 0 radical (unpaired) electrons. The van der Waals surface area contributed by atoms with E-state index in [-0.39, 0.29) is 24.0 Å². The molecule has 2 aliphatic heterocycles. The Bertz CT molecular complexity index is 422. The molecular formula is C18H36IN5. The Labute approximate surface area is 165 Å². The first-order valence-corrected chi connectivity index (χ1v) is 9.46. The number of likely N-dealkylation sites (N-methyl/N-ethyl adjacent to an activating group) is 2. The number of likely N-dealkylation sites (tertiary alicyclic amines) is 1. The minimum absolute atomic E-state index is 0. The summed E-state index contributed by atoms with van der Waals surface area (Å²) < 4.78 is 0. The van der Waals surface area contributed by atoms with E-state index in [0.717, 1.165) is 25.6 Å². The Kier molecular flexibility index (Phi) is 7.61. The zero-order valence-corrected chi connectivity index (χ0v) is 18.1. The molecule has 140 valence electrons. The standard InChI is InChI=1S/C18H35N5.HI/c1-19-17(20-13-16-14-21(2)11-12-22(16)3)23-10-9-18(15-23)7-5-4-6-8-18;/h16H,4-15H2,1-3H3,(H,19,20);1H. The van der Waals surface area contributed by atoms with E-state index >= 15 is 0 Å². The highest BCUT2D eigenvalue weighted by molar-refractivity contribution is 14.0. The number of nitrogens with one attached hydrogen (secondary N) is 1. The lowest BCUT2D eigenvalue weighted by Gasteiger charge is -2.38. The van der Waals surface area contributed by atoms with E-state index in [2.05, 4.69) is 39.1 Å². The fourth-order valence-corrected chi connectivity index (χ4v) is 4.69. The maximum Gasteiger partial charge on any atom is 0.193 e. The third kappa shape index (κ3) is 4.75. The predicted molar refractivity (Wildman–Crippen MR) is 112 cm³/mol.